The van der Waals surface area contributed by atoms with E-state index in [0.29, 0.717) is 18.1 Å². The Balaban J connectivity index is 2.04. The Hall–Kier alpha value is -2.17. The Morgan fingerprint density at radius 3 is 2.95 bits per heavy atom. The minimum Gasteiger partial charge on any atom is -0.345 e. The fourth-order valence-electron chi connectivity index (χ4n) is 2.03. The molecule has 0 aliphatic carbocycles. The maximum atomic E-state index is 11.7. The molecular formula is C16H21N3O2. The molecule has 0 aliphatic rings. The third kappa shape index (κ3) is 4.15. The zero-order valence-corrected chi connectivity index (χ0v) is 12.7. The first-order valence-electron chi connectivity index (χ1n) is 7.30. The van der Waals surface area contributed by atoms with E-state index >= 15 is 0 Å². The lowest BCUT2D eigenvalue weighted by Gasteiger charge is -2.08. The lowest BCUT2D eigenvalue weighted by atomic mass is 10.1. The number of hydrogen-bond acceptors (Lipinski definition) is 4. The summed E-state index contributed by atoms with van der Waals surface area (Å²) < 4.78 is 5.25. The zero-order valence-electron chi connectivity index (χ0n) is 12.7. The maximum absolute atomic E-state index is 11.7. The van der Waals surface area contributed by atoms with Crippen LogP contribution in [-0.4, -0.2) is 16.0 Å². The lowest BCUT2D eigenvalue weighted by Crippen LogP contribution is -2.26. The highest BCUT2D eigenvalue weighted by molar-refractivity contribution is 5.76. The molecule has 2 rings (SSSR count). The summed E-state index contributed by atoms with van der Waals surface area (Å²) in [5.74, 6) is 0.986. The number of nitrogens with one attached hydrogen (secondary N) is 1. The molecule has 112 valence electrons. The Labute approximate surface area is 124 Å². The molecule has 0 fully saturated rings. The highest BCUT2D eigenvalue weighted by Gasteiger charge is 2.17. The molecule has 5 heteroatoms. The first-order chi connectivity index (χ1) is 10.1. The molecule has 21 heavy (non-hydrogen) atoms. The molecule has 0 unspecified atom stereocenters. The van der Waals surface area contributed by atoms with Crippen LogP contribution >= 0.6 is 0 Å². The van der Waals surface area contributed by atoms with Crippen LogP contribution in [0.15, 0.2) is 28.8 Å². The molecule has 1 heterocycles. The minimum absolute atomic E-state index is 0.0136. The average Bonchev–Trinajstić information content (AvgIpc) is 2.95. The molecule has 1 aromatic heterocycles. The van der Waals surface area contributed by atoms with E-state index in [1.54, 1.807) is 0 Å². The molecule has 0 saturated carbocycles. The number of unbranched alkanes of at least 4 members (excludes halogenated alkanes) is 1. The first kappa shape index (κ1) is 15.2. The standard InChI is InChI=1S/C16H21N3O2/c1-4-5-9-14(20)17-12(3)16-18-15(19-21-16)13-8-6-7-11(2)10-13/h6-8,10,12H,4-5,9H2,1-3H3,(H,17,20)/t12-/m0/s1. The largest absolute Gasteiger partial charge is 0.345 e. The predicted molar refractivity (Wildman–Crippen MR) is 80.6 cm³/mol. The number of hydrogen-bond donors (Lipinski definition) is 1. The summed E-state index contributed by atoms with van der Waals surface area (Å²) in [5.41, 5.74) is 2.05. The normalized spacial score (nSPS) is 12.1. The average molecular weight is 287 g/mol. The van der Waals surface area contributed by atoms with E-state index in [-0.39, 0.29) is 11.9 Å². The number of rotatable bonds is 6. The molecule has 2 aromatic rings. The van der Waals surface area contributed by atoms with Gasteiger partial charge in [-0.25, -0.2) is 0 Å². The van der Waals surface area contributed by atoms with Gasteiger partial charge in [0.25, 0.3) is 0 Å². The summed E-state index contributed by atoms with van der Waals surface area (Å²) in [6.45, 7) is 5.92. The van der Waals surface area contributed by atoms with Crippen molar-refractivity contribution < 1.29 is 9.32 Å². The third-order valence-electron chi connectivity index (χ3n) is 3.22. The summed E-state index contributed by atoms with van der Waals surface area (Å²) in [6, 6.07) is 7.63. The van der Waals surface area contributed by atoms with Gasteiger partial charge in [0, 0.05) is 12.0 Å². The van der Waals surface area contributed by atoms with Crippen LogP contribution in [0.3, 0.4) is 0 Å². The van der Waals surface area contributed by atoms with Crippen LogP contribution in [0.1, 0.15) is 50.6 Å². The van der Waals surface area contributed by atoms with Crippen molar-refractivity contribution in [3.05, 3.63) is 35.7 Å². The van der Waals surface area contributed by atoms with Gasteiger partial charge in [-0.05, 0) is 26.3 Å². The molecule has 1 aromatic carbocycles. The quantitative estimate of drug-likeness (QED) is 0.884. The van der Waals surface area contributed by atoms with Crippen LogP contribution < -0.4 is 5.32 Å². The molecule has 1 amide bonds. The van der Waals surface area contributed by atoms with E-state index in [0.717, 1.165) is 24.0 Å². The molecule has 0 spiro atoms. The van der Waals surface area contributed by atoms with Gasteiger partial charge < -0.3 is 9.84 Å². The van der Waals surface area contributed by atoms with Gasteiger partial charge in [-0.2, -0.15) is 4.98 Å². The predicted octanol–water partition coefficient (Wildman–Crippen LogP) is 3.41. The smallest absolute Gasteiger partial charge is 0.249 e. The van der Waals surface area contributed by atoms with Crippen LogP contribution in [0, 0.1) is 6.92 Å². The summed E-state index contributed by atoms with van der Waals surface area (Å²) in [4.78, 5) is 16.1. The Kier molecular flexibility index (Phi) is 5.09. The van der Waals surface area contributed by atoms with E-state index in [9.17, 15) is 4.79 Å². The second-order valence-electron chi connectivity index (χ2n) is 5.22. The highest BCUT2D eigenvalue weighted by Crippen LogP contribution is 2.19. The molecular weight excluding hydrogens is 266 g/mol. The van der Waals surface area contributed by atoms with Crippen molar-refractivity contribution in [2.75, 3.05) is 0 Å². The van der Waals surface area contributed by atoms with Gasteiger partial charge in [0.1, 0.15) is 6.04 Å². The number of benzene rings is 1. The van der Waals surface area contributed by atoms with Crippen LogP contribution in [0.25, 0.3) is 11.4 Å². The summed E-state index contributed by atoms with van der Waals surface area (Å²) in [7, 11) is 0. The van der Waals surface area contributed by atoms with Crippen molar-refractivity contribution in [1.82, 2.24) is 15.5 Å². The minimum atomic E-state index is -0.277. The van der Waals surface area contributed by atoms with Crippen molar-refractivity contribution in [2.45, 2.75) is 46.1 Å². The van der Waals surface area contributed by atoms with E-state index in [1.165, 1.54) is 0 Å². The fraction of sp³-hybridized carbons (Fsp3) is 0.438. The van der Waals surface area contributed by atoms with Crippen molar-refractivity contribution in [3.63, 3.8) is 0 Å². The SMILES string of the molecule is CCCCC(=O)N[C@@H](C)c1nc(-c2cccc(C)c2)no1. The third-order valence-corrected chi connectivity index (χ3v) is 3.22. The topological polar surface area (TPSA) is 68.0 Å². The number of aromatic nitrogens is 2. The van der Waals surface area contributed by atoms with Gasteiger partial charge >= 0.3 is 0 Å². The molecule has 0 bridgehead atoms. The van der Waals surface area contributed by atoms with Gasteiger partial charge in [0.15, 0.2) is 0 Å². The Morgan fingerprint density at radius 1 is 1.43 bits per heavy atom. The Bertz CT molecular complexity index is 607. The van der Waals surface area contributed by atoms with Gasteiger partial charge in [0.05, 0.1) is 0 Å². The van der Waals surface area contributed by atoms with Gasteiger partial charge in [-0.3, -0.25) is 4.79 Å². The van der Waals surface area contributed by atoms with E-state index in [4.69, 9.17) is 4.52 Å². The van der Waals surface area contributed by atoms with Crippen LogP contribution in [0.4, 0.5) is 0 Å². The summed E-state index contributed by atoms with van der Waals surface area (Å²) >= 11 is 0. The molecule has 1 N–H and O–H groups in total. The van der Waals surface area contributed by atoms with Crippen molar-refractivity contribution in [3.8, 4) is 11.4 Å². The lowest BCUT2D eigenvalue weighted by molar-refractivity contribution is -0.122. The number of aryl methyl sites for hydroxylation is 1. The molecule has 0 aliphatic heterocycles. The first-order valence-corrected chi connectivity index (χ1v) is 7.30. The zero-order chi connectivity index (χ0) is 15.2. The van der Waals surface area contributed by atoms with Crippen molar-refractivity contribution in [1.29, 1.82) is 0 Å². The van der Waals surface area contributed by atoms with E-state index in [1.807, 2.05) is 38.1 Å². The van der Waals surface area contributed by atoms with Crippen LogP contribution in [0.2, 0.25) is 0 Å². The van der Waals surface area contributed by atoms with Crippen molar-refractivity contribution in [2.24, 2.45) is 0 Å². The van der Waals surface area contributed by atoms with Gasteiger partial charge in [0.2, 0.25) is 17.6 Å². The maximum Gasteiger partial charge on any atom is 0.249 e. The second kappa shape index (κ2) is 7.02. The highest BCUT2D eigenvalue weighted by atomic mass is 16.5. The van der Waals surface area contributed by atoms with Crippen LogP contribution in [-0.2, 0) is 4.79 Å². The van der Waals surface area contributed by atoms with Crippen LogP contribution in [0.5, 0.6) is 0 Å². The summed E-state index contributed by atoms with van der Waals surface area (Å²) in [6.07, 6.45) is 2.41. The monoisotopic (exact) mass is 287 g/mol. The number of amides is 1. The van der Waals surface area contributed by atoms with Gasteiger partial charge in [-0.1, -0.05) is 42.3 Å². The Morgan fingerprint density at radius 2 is 2.24 bits per heavy atom. The molecule has 0 radical (unpaired) electrons. The van der Waals surface area contributed by atoms with Gasteiger partial charge in [-0.15, -0.1) is 0 Å². The number of nitrogens with zero attached hydrogens (tertiary/aromatic N) is 2. The molecule has 0 saturated heterocycles. The number of carbonyl (C=O) groups is 1. The fourth-order valence-corrected chi connectivity index (χ4v) is 2.03. The van der Waals surface area contributed by atoms with E-state index < -0.39 is 0 Å². The van der Waals surface area contributed by atoms with E-state index in [2.05, 4.69) is 22.4 Å². The molecule has 5 nitrogen and oxygen atoms in total. The summed E-state index contributed by atoms with van der Waals surface area (Å²) in [5, 5.41) is 6.85. The van der Waals surface area contributed by atoms with Crippen molar-refractivity contribution >= 4 is 5.91 Å². The molecule has 1 atom stereocenters. The second-order valence-corrected chi connectivity index (χ2v) is 5.22. The number of carbonyl (C=O) groups excluding carboxylic acids is 1.